The van der Waals surface area contributed by atoms with E-state index in [-0.39, 0.29) is 12.6 Å². The summed E-state index contributed by atoms with van der Waals surface area (Å²) in [6.45, 7) is 3.34. The van der Waals surface area contributed by atoms with Crippen LogP contribution in [0.2, 0.25) is 5.02 Å². The number of hydrogen-bond donors (Lipinski definition) is 2. The molecule has 1 atom stereocenters. The average Bonchev–Trinajstić information content (AvgIpc) is 2.94. The van der Waals surface area contributed by atoms with Gasteiger partial charge in [0.25, 0.3) is 0 Å². The molecule has 0 saturated carbocycles. The van der Waals surface area contributed by atoms with Crippen LogP contribution in [-0.4, -0.2) is 24.8 Å². The third kappa shape index (κ3) is 4.46. The molecule has 0 bridgehead atoms. The smallest absolute Gasteiger partial charge is 0.214 e. The van der Waals surface area contributed by atoms with E-state index >= 15 is 0 Å². The molecule has 6 heteroatoms. The summed E-state index contributed by atoms with van der Waals surface area (Å²) in [6, 6.07) is 11.9. The van der Waals surface area contributed by atoms with Crippen molar-refractivity contribution in [1.82, 2.24) is 4.72 Å². The third-order valence-corrected chi connectivity index (χ3v) is 6.88. The van der Waals surface area contributed by atoms with Crippen molar-refractivity contribution in [2.45, 2.75) is 51.0 Å². The van der Waals surface area contributed by atoms with Crippen LogP contribution in [-0.2, 0) is 35.9 Å². The lowest BCUT2D eigenvalue weighted by molar-refractivity contribution is 0.282. The molecule has 0 fully saturated rings. The van der Waals surface area contributed by atoms with Crippen LogP contribution in [0.1, 0.15) is 41.7 Å². The van der Waals surface area contributed by atoms with Crippen molar-refractivity contribution in [3.8, 4) is 0 Å². The van der Waals surface area contributed by atoms with Gasteiger partial charge >= 0.3 is 0 Å². The average molecular weight is 394 g/mol. The number of fused-ring (bicyclic) bond motifs is 1. The van der Waals surface area contributed by atoms with E-state index in [0.29, 0.717) is 11.4 Å². The minimum absolute atomic E-state index is 0.0323. The maximum absolute atomic E-state index is 12.1. The minimum atomic E-state index is -3.26. The van der Waals surface area contributed by atoms with Crippen LogP contribution < -0.4 is 4.72 Å². The van der Waals surface area contributed by atoms with Gasteiger partial charge in [-0.15, -0.1) is 0 Å². The molecule has 26 heavy (non-hydrogen) atoms. The normalized spacial score (nSPS) is 16.9. The van der Waals surface area contributed by atoms with Crippen LogP contribution in [0.15, 0.2) is 36.4 Å². The molecule has 1 aliphatic rings. The van der Waals surface area contributed by atoms with Crippen LogP contribution in [0.3, 0.4) is 0 Å². The predicted molar refractivity (Wildman–Crippen MR) is 105 cm³/mol. The molecule has 2 aromatic carbocycles. The predicted octanol–water partition coefficient (Wildman–Crippen LogP) is 3.22. The van der Waals surface area contributed by atoms with E-state index in [2.05, 4.69) is 22.9 Å². The fourth-order valence-corrected chi connectivity index (χ4v) is 4.56. The molecule has 0 aromatic heterocycles. The minimum Gasteiger partial charge on any atom is -0.392 e. The first-order chi connectivity index (χ1) is 12.3. The van der Waals surface area contributed by atoms with E-state index in [4.69, 9.17) is 11.6 Å². The van der Waals surface area contributed by atoms with E-state index in [1.54, 1.807) is 19.9 Å². The Morgan fingerprint density at radius 3 is 2.46 bits per heavy atom. The number of nitrogens with one attached hydrogen (secondary N) is 1. The number of aliphatic hydroxyl groups excluding tert-OH is 1. The Balaban J connectivity index is 1.74. The first-order valence-corrected chi connectivity index (χ1v) is 10.7. The van der Waals surface area contributed by atoms with Crippen molar-refractivity contribution in [1.29, 1.82) is 0 Å². The monoisotopic (exact) mass is 393 g/mol. The van der Waals surface area contributed by atoms with Gasteiger partial charge in [0.05, 0.1) is 11.9 Å². The Morgan fingerprint density at radius 2 is 1.77 bits per heavy atom. The summed E-state index contributed by atoms with van der Waals surface area (Å²) in [5.74, 6) is 0. The highest BCUT2D eigenvalue weighted by atomic mass is 35.5. The molecule has 0 spiro atoms. The van der Waals surface area contributed by atoms with Crippen LogP contribution in [0.4, 0.5) is 0 Å². The van der Waals surface area contributed by atoms with Gasteiger partial charge in [-0.3, -0.25) is 0 Å². The number of hydrogen-bond acceptors (Lipinski definition) is 3. The Kier molecular flexibility index (Phi) is 5.72. The summed E-state index contributed by atoms with van der Waals surface area (Å²) < 4.78 is 27.0. The summed E-state index contributed by atoms with van der Waals surface area (Å²) in [4.78, 5) is 0. The van der Waals surface area contributed by atoms with Crippen molar-refractivity contribution in [3.63, 3.8) is 0 Å². The second-order valence-corrected chi connectivity index (χ2v) is 9.93. The maximum Gasteiger partial charge on any atom is 0.214 e. The molecule has 0 heterocycles. The maximum atomic E-state index is 12.1. The molecule has 1 unspecified atom stereocenters. The van der Waals surface area contributed by atoms with Gasteiger partial charge in [0.1, 0.15) is 0 Å². The summed E-state index contributed by atoms with van der Waals surface area (Å²) in [5, 5.41) is 9.52. The fourth-order valence-electron chi connectivity index (χ4n) is 3.38. The summed E-state index contributed by atoms with van der Waals surface area (Å²) in [6.07, 6.45) is 2.17. The zero-order valence-electron chi connectivity index (χ0n) is 15.0. The van der Waals surface area contributed by atoms with Crippen molar-refractivity contribution in [2.24, 2.45) is 0 Å². The molecule has 0 aliphatic heterocycles. The molecular formula is C20H24ClNO3S. The van der Waals surface area contributed by atoms with Gasteiger partial charge in [-0.25, -0.2) is 13.1 Å². The van der Waals surface area contributed by atoms with Crippen molar-refractivity contribution < 1.29 is 13.5 Å². The topological polar surface area (TPSA) is 66.4 Å². The first kappa shape index (κ1) is 19.4. The largest absolute Gasteiger partial charge is 0.392 e. The van der Waals surface area contributed by atoms with Crippen LogP contribution in [0.25, 0.3) is 0 Å². The number of benzene rings is 2. The van der Waals surface area contributed by atoms with E-state index in [1.165, 1.54) is 11.1 Å². The highest BCUT2D eigenvalue weighted by molar-refractivity contribution is 7.90. The van der Waals surface area contributed by atoms with Crippen molar-refractivity contribution in [2.75, 3.05) is 0 Å². The van der Waals surface area contributed by atoms with E-state index < -0.39 is 15.3 Å². The van der Waals surface area contributed by atoms with Gasteiger partial charge in [0.15, 0.2) is 0 Å². The van der Waals surface area contributed by atoms with E-state index in [1.807, 2.05) is 12.1 Å². The number of sulfonamides is 1. The molecule has 1 aliphatic carbocycles. The lowest BCUT2D eigenvalue weighted by atomic mass is 9.99. The second kappa shape index (κ2) is 7.69. The van der Waals surface area contributed by atoms with Gasteiger partial charge in [0, 0.05) is 11.1 Å². The molecular weight excluding hydrogens is 370 g/mol. The zero-order valence-corrected chi connectivity index (χ0v) is 16.6. The van der Waals surface area contributed by atoms with Crippen LogP contribution in [0.5, 0.6) is 0 Å². The van der Waals surface area contributed by atoms with E-state index in [9.17, 15) is 13.5 Å². The van der Waals surface area contributed by atoms with Crippen LogP contribution >= 0.6 is 11.6 Å². The number of aliphatic hydroxyl groups is 1. The molecule has 3 rings (SSSR count). The third-order valence-electron chi connectivity index (χ3n) is 4.76. The molecule has 2 N–H and O–H groups in total. The Labute approximate surface area is 160 Å². The van der Waals surface area contributed by atoms with E-state index in [0.717, 1.165) is 29.5 Å². The lowest BCUT2D eigenvalue weighted by Gasteiger charge is -2.14. The van der Waals surface area contributed by atoms with Gasteiger partial charge in [0.2, 0.25) is 10.0 Å². The first-order valence-electron chi connectivity index (χ1n) is 8.78. The molecule has 0 saturated heterocycles. The van der Waals surface area contributed by atoms with Crippen molar-refractivity contribution in [3.05, 3.63) is 69.2 Å². The second-order valence-electron chi connectivity index (χ2n) is 7.22. The molecule has 140 valence electrons. The SMILES string of the molecule is CC(C)S(=O)(=O)NC1Cc2ccc(Cc3cc(Cl)cc(CO)c3)cc2C1. The van der Waals surface area contributed by atoms with Gasteiger partial charge in [-0.2, -0.15) is 0 Å². The molecule has 2 aromatic rings. The van der Waals surface area contributed by atoms with Gasteiger partial charge in [-0.05, 0) is 73.1 Å². The van der Waals surface area contributed by atoms with Crippen molar-refractivity contribution >= 4 is 21.6 Å². The van der Waals surface area contributed by atoms with Crippen LogP contribution in [0, 0.1) is 0 Å². The quantitative estimate of drug-likeness (QED) is 0.791. The summed E-state index contributed by atoms with van der Waals surface area (Å²) >= 11 is 6.12. The lowest BCUT2D eigenvalue weighted by Crippen LogP contribution is -2.39. The summed E-state index contributed by atoms with van der Waals surface area (Å²) in [7, 11) is -3.26. The number of halogens is 1. The Bertz CT molecular complexity index is 909. The number of rotatable bonds is 6. The highest BCUT2D eigenvalue weighted by Crippen LogP contribution is 2.26. The fraction of sp³-hybridized carbons (Fsp3) is 0.400. The standard InChI is InChI=1S/C20H24ClNO3S/c1-13(2)26(24,25)22-20-10-17-4-3-14(7-18(17)11-20)5-15-6-16(12-23)9-19(21)8-15/h3-4,6-9,13,20,22-23H,5,10-12H2,1-2H3. The molecule has 4 nitrogen and oxygen atoms in total. The highest BCUT2D eigenvalue weighted by Gasteiger charge is 2.27. The molecule has 0 radical (unpaired) electrons. The zero-order chi connectivity index (χ0) is 18.9. The Hall–Kier alpha value is -1.40. The summed E-state index contributed by atoms with van der Waals surface area (Å²) in [5.41, 5.74) is 5.41. The Morgan fingerprint density at radius 1 is 1.08 bits per heavy atom. The molecule has 0 amide bonds. The van der Waals surface area contributed by atoms with Gasteiger partial charge in [-0.1, -0.05) is 35.9 Å². The van der Waals surface area contributed by atoms with Gasteiger partial charge < -0.3 is 5.11 Å².